The van der Waals surface area contributed by atoms with Crippen molar-refractivity contribution >= 4 is 16.8 Å². The Morgan fingerprint density at radius 1 is 1.28 bits per heavy atom. The second-order valence-corrected chi connectivity index (χ2v) is 6.02. The van der Waals surface area contributed by atoms with Crippen molar-refractivity contribution < 1.29 is 4.79 Å². The van der Waals surface area contributed by atoms with Gasteiger partial charge in [0.05, 0.1) is 5.41 Å². The van der Waals surface area contributed by atoms with Crippen LogP contribution in [0, 0.1) is 5.41 Å². The highest BCUT2D eigenvalue weighted by Crippen LogP contribution is 2.46. The predicted molar refractivity (Wildman–Crippen MR) is 72.4 cm³/mol. The molecule has 3 aliphatic rings. The van der Waals surface area contributed by atoms with E-state index in [0.29, 0.717) is 6.04 Å². The molecule has 0 N–H and O–H groups in total. The van der Waals surface area contributed by atoms with E-state index in [0.717, 1.165) is 38.8 Å². The van der Waals surface area contributed by atoms with E-state index in [-0.39, 0.29) is 10.7 Å². The van der Waals surface area contributed by atoms with Crippen molar-refractivity contribution in [3.05, 3.63) is 35.9 Å². The zero-order valence-corrected chi connectivity index (χ0v) is 11.2. The number of carbonyl (C=O) groups is 1. The number of piperidine rings is 2. The number of carbonyl (C=O) groups excluding carboxylic acids is 1. The fourth-order valence-corrected chi connectivity index (χ4v) is 3.71. The molecule has 0 aromatic heterocycles. The fourth-order valence-electron chi connectivity index (χ4n) is 3.46. The van der Waals surface area contributed by atoms with Gasteiger partial charge in [0.25, 0.3) is 0 Å². The largest absolute Gasteiger partial charge is 0.295 e. The summed E-state index contributed by atoms with van der Waals surface area (Å²) in [5.74, 6) is 0. The van der Waals surface area contributed by atoms with E-state index in [1.165, 1.54) is 5.56 Å². The molecule has 0 amide bonds. The van der Waals surface area contributed by atoms with Crippen LogP contribution in [-0.2, 0) is 11.3 Å². The molecule has 0 atom stereocenters. The van der Waals surface area contributed by atoms with Gasteiger partial charge in [0.2, 0.25) is 5.24 Å². The van der Waals surface area contributed by atoms with Crippen LogP contribution in [0.25, 0.3) is 0 Å². The Labute approximate surface area is 113 Å². The Morgan fingerprint density at radius 2 is 1.94 bits per heavy atom. The maximum absolute atomic E-state index is 11.7. The summed E-state index contributed by atoms with van der Waals surface area (Å²) in [6.07, 6.45) is 4.19. The lowest BCUT2D eigenvalue weighted by Crippen LogP contribution is -2.55. The molecule has 18 heavy (non-hydrogen) atoms. The monoisotopic (exact) mass is 263 g/mol. The van der Waals surface area contributed by atoms with Gasteiger partial charge in [-0.3, -0.25) is 9.69 Å². The lowest BCUT2D eigenvalue weighted by atomic mass is 9.68. The minimum Gasteiger partial charge on any atom is -0.295 e. The fraction of sp³-hybridized carbons (Fsp3) is 0.533. The van der Waals surface area contributed by atoms with Crippen LogP contribution in [0.5, 0.6) is 0 Å². The Kier molecular flexibility index (Phi) is 3.16. The first-order valence-corrected chi connectivity index (χ1v) is 7.05. The number of fused-ring (bicyclic) bond motifs is 3. The van der Waals surface area contributed by atoms with Crippen LogP contribution < -0.4 is 0 Å². The molecule has 3 heteroatoms. The third-order valence-corrected chi connectivity index (χ3v) is 4.98. The van der Waals surface area contributed by atoms with Gasteiger partial charge in [0, 0.05) is 19.1 Å². The van der Waals surface area contributed by atoms with E-state index in [4.69, 9.17) is 11.6 Å². The molecule has 1 aliphatic carbocycles. The summed E-state index contributed by atoms with van der Waals surface area (Å²) < 4.78 is 0. The zero-order valence-electron chi connectivity index (χ0n) is 10.4. The van der Waals surface area contributed by atoms with E-state index in [9.17, 15) is 4.79 Å². The van der Waals surface area contributed by atoms with Crippen LogP contribution in [-0.4, -0.2) is 22.7 Å². The van der Waals surface area contributed by atoms with Gasteiger partial charge in [-0.05, 0) is 42.8 Å². The first-order chi connectivity index (χ1) is 8.70. The lowest BCUT2D eigenvalue weighted by Gasteiger charge is -2.51. The molecule has 4 rings (SSSR count). The number of hydrogen-bond acceptors (Lipinski definition) is 2. The third kappa shape index (κ3) is 2.08. The molecule has 1 aromatic rings. The second kappa shape index (κ2) is 4.67. The summed E-state index contributed by atoms with van der Waals surface area (Å²) in [6.45, 7) is 1.78. The number of rotatable bonds is 3. The molecule has 0 spiro atoms. The second-order valence-electron chi connectivity index (χ2n) is 5.68. The normalized spacial score (nSPS) is 31.5. The van der Waals surface area contributed by atoms with Crippen LogP contribution in [0.2, 0.25) is 0 Å². The Morgan fingerprint density at radius 3 is 2.56 bits per heavy atom. The van der Waals surface area contributed by atoms with Gasteiger partial charge >= 0.3 is 0 Å². The van der Waals surface area contributed by atoms with Crippen molar-refractivity contribution in [2.75, 3.05) is 6.54 Å². The number of benzene rings is 1. The lowest BCUT2D eigenvalue weighted by molar-refractivity contribution is -0.130. The number of halogens is 1. The van der Waals surface area contributed by atoms with Gasteiger partial charge in [0.15, 0.2) is 0 Å². The molecular weight excluding hydrogens is 246 g/mol. The highest BCUT2D eigenvalue weighted by Gasteiger charge is 2.48. The Bertz CT molecular complexity index is 437. The molecule has 2 nitrogen and oxygen atoms in total. The molecule has 1 saturated carbocycles. The maximum Gasteiger partial charge on any atom is 0.229 e. The molecule has 2 bridgehead atoms. The van der Waals surface area contributed by atoms with Crippen LogP contribution >= 0.6 is 11.6 Å². The molecule has 0 radical (unpaired) electrons. The highest BCUT2D eigenvalue weighted by molar-refractivity contribution is 6.64. The summed E-state index contributed by atoms with van der Waals surface area (Å²) in [4.78, 5) is 14.2. The minimum atomic E-state index is -0.259. The van der Waals surface area contributed by atoms with Crippen molar-refractivity contribution in [2.24, 2.45) is 5.41 Å². The van der Waals surface area contributed by atoms with Crippen LogP contribution in [0.1, 0.15) is 31.2 Å². The van der Waals surface area contributed by atoms with Gasteiger partial charge in [-0.15, -0.1) is 0 Å². The van der Waals surface area contributed by atoms with Gasteiger partial charge in [0.1, 0.15) is 0 Å². The topological polar surface area (TPSA) is 20.3 Å². The summed E-state index contributed by atoms with van der Waals surface area (Å²) in [6, 6.07) is 11.1. The molecule has 2 saturated heterocycles. The quantitative estimate of drug-likeness (QED) is 0.781. The average molecular weight is 264 g/mol. The van der Waals surface area contributed by atoms with Gasteiger partial charge in [-0.25, -0.2) is 0 Å². The zero-order chi connectivity index (χ0) is 12.6. The van der Waals surface area contributed by atoms with E-state index in [1.54, 1.807) is 0 Å². The molecule has 3 fully saturated rings. The number of nitrogens with zero attached hydrogens (tertiary/aromatic N) is 1. The summed E-state index contributed by atoms with van der Waals surface area (Å²) in [7, 11) is 0. The first kappa shape index (κ1) is 12.2. The van der Waals surface area contributed by atoms with Crippen LogP contribution in [0.15, 0.2) is 30.3 Å². The smallest absolute Gasteiger partial charge is 0.229 e. The van der Waals surface area contributed by atoms with E-state index >= 15 is 0 Å². The van der Waals surface area contributed by atoms with Crippen molar-refractivity contribution in [2.45, 2.75) is 38.3 Å². The Balaban J connectivity index is 1.76. The molecule has 1 aromatic carbocycles. The summed E-state index contributed by atoms with van der Waals surface area (Å²) in [5, 5.41) is -0.126. The van der Waals surface area contributed by atoms with E-state index < -0.39 is 0 Å². The molecule has 0 unspecified atom stereocenters. The molecule has 2 aliphatic heterocycles. The molecule has 2 heterocycles. The Hall–Kier alpha value is -0.860. The van der Waals surface area contributed by atoms with Gasteiger partial charge < -0.3 is 0 Å². The van der Waals surface area contributed by atoms with Gasteiger partial charge in [-0.1, -0.05) is 30.3 Å². The van der Waals surface area contributed by atoms with Crippen LogP contribution in [0.3, 0.4) is 0 Å². The minimum absolute atomic E-state index is 0.126. The number of hydrogen-bond donors (Lipinski definition) is 0. The van der Waals surface area contributed by atoms with Crippen molar-refractivity contribution in [3.63, 3.8) is 0 Å². The first-order valence-electron chi connectivity index (χ1n) is 6.68. The van der Waals surface area contributed by atoms with E-state index in [1.807, 2.05) is 6.07 Å². The van der Waals surface area contributed by atoms with Gasteiger partial charge in [-0.2, -0.15) is 0 Å². The highest BCUT2D eigenvalue weighted by atomic mass is 35.5. The summed E-state index contributed by atoms with van der Waals surface area (Å²) >= 11 is 5.84. The SMILES string of the molecule is O=C(Cl)C12CCC(CC1)N(Cc1ccccc1)C2. The standard InChI is InChI=1S/C15H18ClNO/c16-14(18)15-8-6-13(7-9-15)17(11-15)10-12-4-2-1-3-5-12/h1-5,13H,6-11H2. The van der Waals surface area contributed by atoms with Crippen molar-refractivity contribution in [1.82, 2.24) is 4.90 Å². The predicted octanol–water partition coefficient (Wildman–Crippen LogP) is 3.20. The van der Waals surface area contributed by atoms with Crippen molar-refractivity contribution in [3.8, 4) is 0 Å². The third-order valence-electron chi connectivity index (χ3n) is 4.58. The van der Waals surface area contributed by atoms with Crippen molar-refractivity contribution in [1.29, 1.82) is 0 Å². The van der Waals surface area contributed by atoms with E-state index in [2.05, 4.69) is 29.2 Å². The molecular formula is C15H18ClNO. The summed E-state index contributed by atoms with van der Waals surface area (Å²) in [5.41, 5.74) is 1.06. The van der Waals surface area contributed by atoms with Crippen LogP contribution in [0.4, 0.5) is 0 Å². The average Bonchev–Trinajstić information content (AvgIpc) is 2.41. The molecule has 96 valence electrons. The maximum atomic E-state index is 11.7.